The Labute approximate surface area is 112 Å². The molecule has 18 heavy (non-hydrogen) atoms. The summed E-state index contributed by atoms with van der Waals surface area (Å²) in [6.45, 7) is 1.77. The summed E-state index contributed by atoms with van der Waals surface area (Å²) in [5, 5.41) is 9.44. The lowest BCUT2D eigenvalue weighted by Crippen LogP contribution is -1.89. The van der Waals surface area contributed by atoms with E-state index >= 15 is 0 Å². The van der Waals surface area contributed by atoms with E-state index < -0.39 is 6.10 Å². The van der Waals surface area contributed by atoms with E-state index in [4.69, 9.17) is 4.74 Å². The molecule has 0 fully saturated rings. The normalized spacial score (nSPS) is 12.2. The van der Waals surface area contributed by atoms with Crippen LogP contribution in [0.15, 0.2) is 58.3 Å². The van der Waals surface area contributed by atoms with Gasteiger partial charge in [0.15, 0.2) is 0 Å². The second kappa shape index (κ2) is 5.94. The molecule has 2 rings (SSSR count). The molecule has 0 radical (unpaired) electrons. The minimum atomic E-state index is -0.412. The van der Waals surface area contributed by atoms with Gasteiger partial charge in [0, 0.05) is 9.79 Å². The fourth-order valence-electron chi connectivity index (χ4n) is 1.59. The molecule has 94 valence electrons. The number of rotatable bonds is 4. The standard InChI is InChI=1S/C15H16O2S/c1-11(16)12-3-7-14(8-4-12)18-15-9-5-13(17-2)6-10-15/h3-11,16H,1-2H3/t11-/m1/s1. The predicted octanol–water partition coefficient (Wildman–Crippen LogP) is 3.90. The number of aliphatic hydroxyl groups excluding tert-OH is 1. The zero-order valence-corrected chi connectivity index (χ0v) is 11.3. The van der Waals surface area contributed by atoms with Gasteiger partial charge in [-0.05, 0) is 48.9 Å². The van der Waals surface area contributed by atoms with Crippen molar-refractivity contribution in [3.63, 3.8) is 0 Å². The predicted molar refractivity (Wildman–Crippen MR) is 74.2 cm³/mol. The van der Waals surface area contributed by atoms with Crippen molar-refractivity contribution < 1.29 is 9.84 Å². The van der Waals surface area contributed by atoms with Crippen LogP contribution in [0.25, 0.3) is 0 Å². The highest BCUT2D eigenvalue weighted by Crippen LogP contribution is 2.29. The van der Waals surface area contributed by atoms with Crippen LogP contribution in [0.4, 0.5) is 0 Å². The van der Waals surface area contributed by atoms with Crippen molar-refractivity contribution in [2.45, 2.75) is 22.8 Å². The van der Waals surface area contributed by atoms with Crippen molar-refractivity contribution in [3.8, 4) is 5.75 Å². The average molecular weight is 260 g/mol. The Kier molecular flexibility index (Phi) is 4.28. The van der Waals surface area contributed by atoms with Gasteiger partial charge in [-0.25, -0.2) is 0 Å². The molecule has 2 aromatic rings. The lowest BCUT2D eigenvalue weighted by Gasteiger charge is -2.06. The van der Waals surface area contributed by atoms with Crippen molar-refractivity contribution in [2.75, 3.05) is 7.11 Å². The van der Waals surface area contributed by atoms with Crippen molar-refractivity contribution in [1.82, 2.24) is 0 Å². The van der Waals surface area contributed by atoms with Gasteiger partial charge in [-0.2, -0.15) is 0 Å². The number of aliphatic hydroxyl groups is 1. The quantitative estimate of drug-likeness (QED) is 0.904. The topological polar surface area (TPSA) is 29.5 Å². The number of methoxy groups -OCH3 is 1. The largest absolute Gasteiger partial charge is 0.497 e. The van der Waals surface area contributed by atoms with Crippen molar-refractivity contribution >= 4 is 11.8 Å². The fraction of sp³-hybridized carbons (Fsp3) is 0.200. The van der Waals surface area contributed by atoms with E-state index in [9.17, 15) is 5.11 Å². The molecule has 0 aliphatic rings. The summed E-state index contributed by atoms with van der Waals surface area (Å²) in [6.07, 6.45) is -0.412. The van der Waals surface area contributed by atoms with E-state index in [0.717, 1.165) is 16.2 Å². The minimum absolute atomic E-state index is 0.412. The molecule has 0 aliphatic heterocycles. The summed E-state index contributed by atoms with van der Waals surface area (Å²) >= 11 is 1.69. The number of benzene rings is 2. The fourth-order valence-corrected chi connectivity index (χ4v) is 2.41. The maximum absolute atomic E-state index is 9.44. The molecule has 0 aliphatic carbocycles. The Balaban J connectivity index is 2.08. The third kappa shape index (κ3) is 3.28. The molecule has 0 heterocycles. The molecule has 2 nitrogen and oxygen atoms in total. The second-order valence-corrected chi connectivity index (χ2v) is 5.17. The number of hydrogen-bond acceptors (Lipinski definition) is 3. The summed E-state index contributed by atoms with van der Waals surface area (Å²) in [5.74, 6) is 0.865. The van der Waals surface area contributed by atoms with Crippen LogP contribution in [-0.2, 0) is 0 Å². The van der Waals surface area contributed by atoms with Gasteiger partial charge in [0.05, 0.1) is 13.2 Å². The second-order valence-electron chi connectivity index (χ2n) is 4.02. The third-order valence-corrected chi connectivity index (χ3v) is 3.67. The van der Waals surface area contributed by atoms with Crippen molar-refractivity contribution in [1.29, 1.82) is 0 Å². The molecule has 0 saturated heterocycles. The maximum atomic E-state index is 9.44. The molecule has 0 bridgehead atoms. The first-order valence-electron chi connectivity index (χ1n) is 5.79. The van der Waals surface area contributed by atoms with Gasteiger partial charge in [-0.3, -0.25) is 0 Å². The van der Waals surface area contributed by atoms with Crippen molar-refractivity contribution in [3.05, 3.63) is 54.1 Å². The van der Waals surface area contributed by atoms with Gasteiger partial charge < -0.3 is 9.84 Å². The first-order chi connectivity index (χ1) is 8.69. The van der Waals surface area contributed by atoms with Gasteiger partial charge >= 0.3 is 0 Å². The first-order valence-corrected chi connectivity index (χ1v) is 6.60. The van der Waals surface area contributed by atoms with Gasteiger partial charge in [0.25, 0.3) is 0 Å². The van der Waals surface area contributed by atoms with Crippen LogP contribution < -0.4 is 4.74 Å². The van der Waals surface area contributed by atoms with Crippen LogP contribution in [0, 0.1) is 0 Å². The van der Waals surface area contributed by atoms with Gasteiger partial charge in [0.2, 0.25) is 0 Å². The minimum Gasteiger partial charge on any atom is -0.497 e. The van der Waals surface area contributed by atoms with Crippen LogP contribution >= 0.6 is 11.8 Å². The van der Waals surface area contributed by atoms with E-state index in [0.29, 0.717) is 0 Å². The number of ether oxygens (including phenoxy) is 1. The zero-order chi connectivity index (χ0) is 13.0. The Morgan fingerprint density at radius 1 is 0.944 bits per heavy atom. The molecular formula is C15H16O2S. The highest BCUT2D eigenvalue weighted by Gasteiger charge is 2.02. The Morgan fingerprint density at radius 3 is 1.89 bits per heavy atom. The Hall–Kier alpha value is -1.45. The first kappa shape index (κ1) is 13.0. The van der Waals surface area contributed by atoms with Crippen LogP contribution in [0.1, 0.15) is 18.6 Å². The van der Waals surface area contributed by atoms with E-state index in [1.54, 1.807) is 25.8 Å². The van der Waals surface area contributed by atoms with E-state index in [2.05, 4.69) is 0 Å². The lowest BCUT2D eigenvalue weighted by atomic mass is 10.1. The summed E-state index contributed by atoms with van der Waals surface area (Å²) in [5.41, 5.74) is 0.939. The van der Waals surface area contributed by atoms with Gasteiger partial charge in [0.1, 0.15) is 5.75 Å². The molecule has 0 amide bonds. The number of hydrogen-bond donors (Lipinski definition) is 1. The highest BCUT2D eigenvalue weighted by molar-refractivity contribution is 7.99. The van der Waals surface area contributed by atoms with E-state index in [-0.39, 0.29) is 0 Å². The maximum Gasteiger partial charge on any atom is 0.118 e. The Bertz CT molecular complexity index is 489. The van der Waals surface area contributed by atoms with Crippen LogP contribution in [0.3, 0.4) is 0 Å². The molecular weight excluding hydrogens is 244 g/mol. The molecule has 0 aromatic heterocycles. The van der Waals surface area contributed by atoms with Crippen LogP contribution in [0.2, 0.25) is 0 Å². The Morgan fingerprint density at radius 2 is 1.44 bits per heavy atom. The average Bonchev–Trinajstić information content (AvgIpc) is 2.40. The monoisotopic (exact) mass is 260 g/mol. The summed E-state index contributed by atoms with van der Waals surface area (Å²) in [6, 6.07) is 15.9. The molecule has 3 heteroatoms. The van der Waals surface area contributed by atoms with Gasteiger partial charge in [-0.15, -0.1) is 0 Å². The highest BCUT2D eigenvalue weighted by atomic mass is 32.2. The lowest BCUT2D eigenvalue weighted by molar-refractivity contribution is 0.199. The molecule has 0 saturated carbocycles. The molecule has 1 N–H and O–H groups in total. The van der Waals surface area contributed by atoms with E-state index in [1.165, 1.54) is 4.90 Å². The molecule has 2 aromatic carbocycles. The summed E-state index contributed by atoms with van der Waals surface area (Å²) in [4.78, 5) is 2.32. The zero-order valence-electron chi connectivity index (χ0n) is 10.5. The summed E-state index contributed by atoms with van der Waals surface area (Å²) in [7, 11) is 1.66. The summed E-state index contributed by atoms with van der Waals surface area (Å²) < 4.78 is 5.12. The third-order valence-electron chi connectivity index (χ3n) is 2.66. The smallest absolute Gasteiger partial charge is 0.118 e. The van der Waals surface area contributed by atoms with E-state index in [1.807, 2.05) is 48.5 Å². The van der Waals surface area contributed by atoms with Crippen molar-refractivity contribution in [2.24, 2.45) is 0 Å². The van der Waals surface area contributed by atoms with Gasteiger partial charge in [-0.1, -0.05) is 23.9 Å². The SMILES string of the molecule is COc1ccc(Sc2ccc([C@@H](C)O)cc2)cc1. The molecule has 0 unspecified atom stereocenters. The van der Waals surface area contributed by atoms with Crippen LogP contribution in [-0.4, -0.2) is 12.2 Å². The molecule has 0 spiro atoms. The van der Waals surface area contributed by atoms with Crippen LogP contribution in [0.5, 0.6) is 5.75 Å². The molecule has 1 atom stereocenters.